The van der Waals surface area contributed by atoms with Gasteiger partial charge in [-0.1, -0.05) is 6.08 Å². The van der Waals surface area contributed by atoms with Crippen LogP contribution in [-0.4, -0.2) is 65.1 Å². The van der Waals surface area contributed by atoms with Crippen molar-refractivity contribution < 1.29 is 9.53 Å². The summed E-state index contributed by atoms with van der Waals surface area (Å²) in [5.74, 6) is 0.508. The maximum absolute atomic E-state index is 12.0. The maximum Gasteiger partial charge on any atom is 0.320 e. The third-order valence-corrected chi connectivity index (χ3v) is 4.27. The normalized spacial score (nSPS) is 16.2. The molecule has 1 fully saturated rings. The molecule has 1 aliphatic rings. The lowest BCUT2D eigenvalue weighted by atomic mass is 10.3. The van der Waals surface area contributed by atoms with Crippen molar-refractivity contribution in [2.75, 3.05) is 44.7 Å². The van der Waals surface area contributed by atoms with Crippen LogP contribution >= 0.6 is 0 Å². The molecule has 0 atom stereocenters. The quantitative estimate of drug-likeness (QED) is 0.863. The molecular weight excluding hydrogens is 320 g/mol. The van der Waals surface area contributed by atoms with Crippen LogP contribution in [0.1, 0.15) is 13.8 Å². The first kappa shape index (κ1) is 17.4. The topological polar surface area (TPSA) is 84.3 Å². The Hall–Kier alpha value is -2.45. The number of allylic oxidation sites excluding steroid dienone is 2. The van der Waals surface area contributed by atoms with E-state index in [9.17, 15) is 4.79 Å². The van der Waals surface area contributed by atoms with E-state index in [4.69, 9.17) is 4.74 Å². The largest absolute Gasteiger partial charge is 0.379 e. The second kappa shape index (κ2) is 8.09. The van der Waals surface area contributed by atoms with Gasteiger partial charge in [0, 0.05) is 37.3 Å². The van der Waals surface area contributed by atoms with Gasteiger partial charge in [-0.2, -0.15) is 5.10 Å². The van der Waals surface area contributed by atoms with Crippen LogP contribution in [0.25, 0.3) is 16.6 Å². The lowest BCUT2D eigenvalue weighted by Gasteiger charge is -2.26. The van der Waals surface area contributed by atoms with Crippen LogP contribution in [0.5, 0.6) is 0 Å². The predicted octanol–water partition coefficient (Wildman–Crippen LogP) is 1.77. The number of carbonyl (C=O) groups excluding carboxylic acids is 1. The number of ether oxygens (including phenoxy) is 1. The molecular formula is C17H24N6O2. The van der Waals surface area contributed by atoms with Crippen molar-refractivity contribution in [1.82, 2.24) is 25.0 Å². The van der Waals surface area contributed by atoms with Crippen molar-refractivity contribution in [3.8, 4) is 0 Å². The maximum atomic E-state index is 12.0. The molecule has 25 heavy (non-hydrogen) atoms. The summed E-state index contributed by atoms with van der Waals surface area (Å²) in [6.07, 6.45) is 5.48. The molecule has 3 heterocycles. The predicted molar refractivity (Wildman–Crippen MR) is 97.4 cm³/mol. The number of pyridine rings is 1. The number of carbonyl (C=O) groups is 1. The second-order valence-electron chi connectivity index (χ2n) is 5.95. The van der Waals surface area contributed by atoms with E-state index >= 15 is 0 Å². The van der Waals surface area contributed by atoms with Gasteiger partial charge in [0.25, 0.3) is 0 Å². The molecule has 3 rings (SSSR count). The number of amides is 2. The third-order valence-electron chi connectivity index (χ3n) is 4.27. The van der Waals surface area contributed by atoms with Gasteiger partial charge < -0.3 is 10.1 Å². The Kier molecular flexibility index (Phi) is 5.62. The highest BCUT2D eigenvalue weighted by molar-refractivity contribution is 5.91. The molecule has 0 bridgehead atoms. The monoisotopic (exact) mass is 344 g/mol. The van der Waals surface area contributed by atoms with Gasteiger partial charge in [-0.15, -0.1) is 0 Å². The SMILES string of the molecule is C/C=C(\C)n1ncc2cc(NC(=O)NCCN3CCOCC3)ncc21. The van der Waals surface area contributed by atoms with Crippen molar-refractivity contribution in [2.45, 2.75) is 13.8 Å². The minimum atomic E-state index is -0.253. The van der Waals surface area contributed by atoms with Crippen molar-refractivity contribution in [3.05, 3.63) is 24.5 Å². The number of urea groups is 1. The smallest absolute Gasteiger partial charge is 0.320 e. The molecule has 1 aliphatic heterocycles. The number of nitrogens with zero attached hydrogens (tertiary/aromatic N) is 4. The highest BCUT2D eigenvalue weighted by Crippen LogP contribution is 2.19. The van der Waals surface area contributed by atoms with E-state index < -0.39 is 0 Å². The van der Waals surface area contributed by atoms with E-state index in [-0.39, 0.29) is 6.03 Å². The van der Waals surface area contributed by atoms with E-state index in [0.29, 0.717) is 12.4 Å². The Morgan fingerprint density at radius 2 is 2.16 bits per heavy atom. The summed E-state index contributed by atoms with van der Waals surface area (Å²) < 4.78 is 7.13. The van der Waals surface area contributed by atoms with E-state index in [1.807, 2.05) is 30.7 Å². The summed E-state index contributed by atoms with van der Waals surface area (Å²) in [5.41, 5.74) is 1.94. The van der Waals surface area contributed by atoms with Crippen LogP contribution in [0.15, 0.2) is 24.5 Å². The van der Waals surface area contributed by atoms with E-state index in [1.54, 1.807) is 12.4 Å². The number of hydrogen-bond acceptors (Lipinski definition) is 5. The van der Waals surface area contributed by atoms with Crippen LogP contribution < -0.4 is 10.6 Å². The van der Waals surface area contributed by atoms with Crippen LogP contribution in [-0.2, 0) is 4.74 Å². The fourth-order valence-corrected chi connectivity index (χ4v) is 2.71. The van der Waals surface area contributed by atoms with Crippen molar-refractivity contribution in [1.29, 1.82) is 0 Å². The van der Waals surface area contributed by atoms with Crippen LogP contribution in [0, 0.1) is 0 Å². The zero-order valence-corrected chi connectivity index (χ0v) is 14.7. The van der Waals surface area contributed by atoms with Crippen molar-refractivity contribution in [2.24, 2.45) is 0 Å². The Bertz CT molecular complexity index is 764. The highest BCUT2D eigenvalue weighted by Gasteiger charge is 2.11. The first-order valence-corrected chi connectivity index (χ1v) is 8.49. The number of fused-ring (bicyclic) bond motifs is 1. The second-order valence-corrected chi connectivity index (χ2v) is 5.95. The summed E-state index contributed by atoms with van der Waals surface area (Å²) in [4.78, 5) is 18.6. The van der Waals surface area contributed by atoms with Crippen molar-refractivity contribution >= 4 is 28.4 Å². The van der Waals surface area contributed by atoms with Gasteiger partial charge in [0.1, 0.15) is 5.82 Å². The molecule has 0 aromatic carbocycles. The zero-order valence-electron chi connectivity index (χ0n) is 14.7. The summed E-state index contributed by atoms with van der Waals surface area (Å²) in [5, 5.41) is 10.9. The van der Waals surface area contributed by atoms with Gasteiger partial charge in [-0.05, 0) is 19.9 Å². The van der Waals surface area contributed by atoms with Crippen LogP contribution in [0.4, 0.5) is 10.6 Å². The fraction of sp³-hybridized carbons (Fsp3) is 0.471. The van der Waals surface area contributed by atoms with E-state index in [2.05, 4.69) is 25.6 Å². The molecule has 2 amide bonds. The van der Waals surface area contributed by atoms with Crippen molar-refractivity contribution in [3.63, 3.8) is 0 Å². The molecule has 0 saturated carbocycles. The molecule has 2 aromatic rings. The lowest BCUT2D eigenvalue weighted by molar-refractivity contribution is 0.0388. The first-order chi connectivity index (χ1) is 12.2. The molecule has 8 nitrogen and oxygen atoms in total. The molecule has 0 unspecified atom stereocenters. The Morgan fingerprint density at radius 1 is 1.36 bits per heavy atom. The molecule has 134 valence electrons. The number of hydrogen-bond donors (Lipinski definition) is 2. The molecule has 0 radical (unpaired) electrons. The molecule has 0 spiro atoms. The Labute approximate surface area is 146 Å². The summed E-state index contributed by atoms with van der Waals surface area (Å²) in [6, 6.07) is 1.57. The average molecular weight is 344 g/mol. The summed E-state index contributed by atoms with van der Waals surface area (Å²) in [6.45, 7) is 8.71. The highest BCUT2D eigenvalue weighted by atomic mass is 16.5. The van der Waals surface area contributed by atoms with Gasteiger partial charge >= 0.3 is 6.03 Å². The Morgan fingerprint density at radius 3 is 2.92 bits per heavy atom. The molecule has 2 aromatic heterocycles. The molecule has 2 N–H and O–H groups in total. The molecule has 1 saturated heterocycles. The minimum Gasteiger partial charge on any atom is -0.379 e. The molecule has 8 heteroatoms. The lowest BCUT2D eigenvalue weighted by Crippen LogP contribution is -2.42. The van der Waals surface area contributed by atoms with Gasteiger partial charge in [-0.25, -0.2) is 14.5 Å². The number of morpholine rings is 1. The standard InChI is InChI=1S/C17H24N6O2/c1-3-13(2)23-15-12-19-16(10-14(15)11-20-23)21-17(24)18-4-5-22-6-8-25-9-7-22/h3,10-12H,4-9H2,1-2H3,(H2,18,19,21,24)/b13-3+. The van der Waals surface area contributed by atoms with Gasteiger partial charge in [0.2, 0.25) is 0 Å². The number of rotatable bonds is 5. The summed E-state index contributed by atoms with van der Waals surface area (Å²) in [7, 11) is 0. The van der Waals surface area contributed by atoms with Gasteiger partial charge in [0.05, 0.1) is 31.1 Å². The fourth-order valence-electron chi connectivity index (χ4n) is 2.71. The number of anilines is 1. The average Bonchev–Trinajstić information content (AvgIpc) is 3.05. The van der Waals surface area contributed by atoms with E-state index in [1.165, 1.54) is 0 Å². The Balaban J connectivity index is 1.54. The van der Waals surface area contributed by atoms with Gasteiger partial charge in [0.15, 0.2) is 0 Å². The minimum absolute atomic E-state index is 0.253. The van der Waals surface area contributed by atoms with E-state index in [0.717, 1.165) is 49.4 Å². The van der Waals surface area contributed by atoms with Crippen LogP contribution in [0.3, 0.4) is 0 Å². The first-order valence-electron chi connectivity index (χ1n) is 8.49. The van der Waals surface area contributed by atoms with Gasteiger partial charge in [-0.3, -0.25) is 10.2 Å². The molecule has 0 aliphatic carbocycles. The number of aromatic nitrogens is 3. The zero-order chi connectivity index (χ0) is 17.6. The summed E-state index contributed by atoms with van der Waals surface area (Å²) >= 11 is 0. The van der Waals surface area contributed by atoms with Crippen LogP contribution in [0.2, 0.25) is 0 Å². The number of nitrogens with one attached hydrogen (secondary N) is 2. The third kappa shape index (κ3) is 4.34.